The molecule has 0 saturated carbocycles. The van der Waals surface area contributed by atoms with Crippen LogP contribution in [0.5, 0.6) is 11.5 Å². The van der Waals surface area contributed by atoms with Crippen LogP contribution in [-0.4, -0.2) is 23.4 Å². The first-order valence-electron chi connectivity index (χ1n) is 22.1. The van der Waals surface area contributed by atoms with Crippen LogP contribution in [0.25, 0.3) is 55.7 Å². The Balaban J connectivity index is 1.03. The van der Waals surface area contributed by atoms with Crippen molar-refractivity contribution in [2.24, 2.45) is 0 Å². The number of hydrogen-bond acceptors (Lipinski definition) is 4. The molecule has 0 radical (unpaired) electrons. The van der Waals surface area contributed by atoms with Crippen LogP contribution in [0.2, 0.25) is 0 Å². The van der Waals surface area contributed by atoms with E-state index in [4.69, 9.17) is 9.47 Å². The van der Waals surface area contributed by atoms with Crippen LogP contribution in [-0.2, 0) is 0 Å². The summed E-state index contributed by atoms with van der Waals surface area (Å²) in [5.41, 5.74) is 15.4. The highest BCUT2D eigenvalue weighted by molar-refractivity contribution is 6.02. The summed E-state index contributed by atoms with van der Waals surface area (Å²) >= 11 is 0. The lowest BCUT2D eigenvalue weighted by Gasteiger charge is -2.25. The predicted octanol–water partition coefficient (Wildman–Crippen LogP) is 15.9. The van der Waals surface area contributed by atoms with E-state index in [0.29, 0.717) is 0 Å². The van der Waals surface area contributed by atoms with Crippen LogP contribution in [0.1, 0.15) is 0 Å². The van der Waals surface area contributed by atoms with Crippen LogP contribution in [0.4, 0.5) is 34.1 Å². The molecule has 0 N–H and O–H groups in total. The predicted molar refractivity (Wildman–Crippen MR) is 273 cm³/mol. The fourth-order valence-electron chi connectivity index (χ4n) is 9.12. The van der Waals surface area contributed by atoms with Crippen LogP contribution >= 0.6 is 0 Å². The number of methoxy groups -OCH3 is 2. The minimum absolute atomic E-state index is 0.825. The van der Waals surface area contributed by atoms with Crippen molar-refractivity contribution in [3.63, 3.8) is 0 Å². The van der Waals surface area contributed by atoms with Crippen LogP contribution in [0.3, 0.4) is 0 Å². The van der Waals surface area contributed by atoms with Gasteiger partial charge in [-0.05, 0) is 157 Å². The second-order valence-corrected chi connectivity index (χ2v) is 16.2. The van der Waals surface area contributed by atoms with Crippen molar-refractivity contribution >= 4 is 55.9 Å². The molecule has 2 aromatic heterocycles. The summed E-state index contributed by atoms with van der Waals surface area (Å²) in [5.74, 6) is 1.65. The third kappa shape index (κ3) is 7.50. The molecule has 11 aromatic rings. The summed E-state index contributed by atoms with van der Waals surface area (Å²) in [6.07, 6.45) is 0. The zero-order valence-electron chi connectivity index (χ0n) is 36.7. The summed E-state index contributed by atoms with van der Waals surface area (Å²) in [6, 6.07) is 86.0. The van der Waals surface area contributed by atoms with Gasteiger partial charge < -0.3 is 28.4 Å². The van der Waals surface area contributed by atoms with Gasteiger partial charge >= 0.3 is 0 Å². The number of benzene rings is 9. The van der Waals surface area contributed by atoms with E-state index in [9.17, 15) is 0 Å². The maximum atomic E-state index is 5.49. The molecule has 6 heteroatoms. The Morgan fingerprint density at radius 3 is 0.909 bits per heavy atom. The van der Waals surface area contributed by atoms with Crippen molar-refractivity contribution in [3.8, 4) is 45.4 Å². The van der Waals surface area contributed by atoms with E-state index in [1.807, 2.05) is 24.3 Å². The zero-order valence-corrected chi connectivity index (χ0v) is 36.7. The van der Waals surface area contributed by atoms with Gasteiger partial charge in [0.2, 0.25) is 0 Å². The molecule has 0 saturated heterocycles. The van der Waals surface area contributed by atoms with E-state index in [1.54, 1.807) is 14.2 Å². The number of hydrogen-bond donors (Lipinski definition) is 0. The van der Waals surface area contributed by atoms with Gasteiger partial charge in [0, 0.05) is 56.3 Å². The molecule has 0 atom stereocenters. The smallest absolute Gasteiger partial charge is 0.119 e. The number of fused-ring (bicyclic) bond motifs is 2. The standard InChI is InChI=1S/C60H46N4O2/c1-65-55-35-31-53(32-36-55)61(47-15-7-3-8-16-47)51-27-23-43(24-28-51)57-39-45-41-60-46(42-59(45)63(57)49-19-11-5-12-20-49)40-58(64(60)50-21-13-6-14-22-50)44-25-29-52(30-26-44)62(48-17-9-4-10-18-48)54-33-37-56(66-2)38-34-54/h3-42H,1-2H3. The Morgan fingerprint density at radius 2 is 0.591 bits per heavy atom. The fourth-order valence-corrected chi connectivity index (χ4v) is 9.12. The first kappa shape index (κ1) is 40.1. The van der Waals surface area contributed by atoms with Gasteiger partial charge in [0.1, 0.15) is 11.5 Å². The molecule has 0 aliphatic carbocycles. The number of aromatic nitrogens is 2. The van der Waals surface area contributed by atoms with Gasteiger partial charge in [0.05, 0.1) is 36.6 Å². The lowest BCUT2D eigenvalue weighted by Crippen LogP contribution is -2.09. The van der Waals surface area contributed by atoms with Crippen molar-refractivity contribution in [2.45, 2.75) is 0 Å². The van der Waals surface area contributed by atoms with E-state index in [2.05, 4.69) is 237 Å². The molecule has 0 fully saturated rings. The van der Waals surface area contributed by atoms with E-state index in [-0.39, 0.29) is 0 Å². The van der Waals surface area contributed by atoms with Gasteiger partial charge in [0.15, 0.2) is 0 Å². The second kappa shape index (κ2) is 17.4. The normalized spacial score (nSPS) is 11.2. The van der Waals surface area contributed by atoms with Crippen molar-refractivity contribution in [1.82, 2.24) is 9.13 Å². The largest absolute Gasteiger partial charge is 0.497 e. The highest BCUT2D eigenvalue weighted by Crippen LogP contribution is 2.42. The third-order valence-corrected chi connectivity index (χ3v) is 12.3. The molecular weight excluding hydrogens is 809 g/mol. The minimum Gasteiger partial charge on any atom is -0.497 e. The van der Waals surface area contributed by atoms with Gasteiger partial charge in [-0.25, -0.2) is 0 Å². The minimum atomic E-state index is 0.825. The van der Waals surface area contributed by atoms with Crippen LogP contribution < -0.4 is 19.3 Å². The number of anilines is 6. The highest BCUT2D eigenvalue weighted by Gasteiger charge is 2.20. The van der Waals surface area contributed by atoms with Gasteiger partial charge in [-0.2, -0.15) is 0 Å². The molecule has 0 spiro atoms. The second-order valence-electron chi connectivity index (χ2n) is 16.2. The lowest BCUT2D eigenvalue weighted by molar-refractivity contribution is 0.414. The Morgan fingerprint density at radius 1 is 0.303 bits per heavy atom. The van der Waals surface area contributed by atoms with Crippen LogP contribution in [0.15, 0.2) is 243 Å². The topological polar surface area (TPSA) is 34.8 Å². The molecule has 0 aliphatic heterocycles. The molecule has 0 aliphatic rings. The number of ether oxygens (including phenoxy) is 2. The van der Waals surface area contributed by atoms with Gasteiger partial charge in [0.25, 0.3) is 0 Å². The van der Waals surface area contributed by atoms with Gasteiger partial charge in [-0.1, -0.05) is 97.1 Å². The fraction of sp³-hybridized carbons (Fsp3) is 0.0333. The maximum Gasteiger partial charge on any atom is 0.119 e. The molecule has 6 nitrogen and oxygen atoms in total. The highest BCUT2D eigenvalue weighted by atomic mass is 16.5. The zero-order chi connectivity index (χ0) is 44.4. The average Bonchev–Trinajstić information content (AvgIpc) is 3.96. The summed E-state index contributed by atoms with van der Waals surface area (Å²) in [6.45, 7) is 0. The Labute approximate surface area is 385 Å². The SMILES string of the molecule is COc1ccc(N(c2ccccc2)c2ccc(-c3cc4cc5c(cc(-c6ccc(N(c7ccccc7)c7ccc(OC)cc7)cc6)n5-c5ccccc5)cc4n3-c3ccccc3)cc2)cc1. The summed E-state index contributed by atoms with van der Waals surface area (Å²) in [5, 5.41) is 2.31. The number of para-hydroxylation sites is 4. The molecule has 318 valence electrons. The molecule has 9 aromatic carbocycles. The Hall–Kier alpha value is -8.74. The van der Waals surface area contributed by atoms with E-state index in [1.165, 1.54) is 0 Å². The monoisotopic (exact) mass is 854 g/mol. The van der Waals surface area contributed by atoms with Gasteiger partial charge in [-0.3, -0.25) is 0 Å². The van der Waals surface area contributed by atoms with Gasteiger partial charge in [-0.15, -0.1) is 0 Å². The van der Waals surface area contributed by atoms with E-state index < -0.39 is 0 Å². The molecule has 2 heterocycles. The summed E-state index contributed by atoms with van der Waals surface area (Å²) in [7, 11) is 3.40. The number of rotatable bonds is 12. The first-order valence-corrected chi connectivity index (χ1v) is 22.1. The quantitative estimate of drug-likeness (QED) is 0.123. The Bertz CT molecular complexity index is 3150. The average molecular weight is 855 g/mol. The van der Waals surface area contributed by atoms with Crippen LogP contribution in [0, 0.1) is 0 Å². The van der Waals surface area contributed by atoms with Crippen molar-refractivity contribution in [1.29, 1.82) is 0 Å². The Kier molecular flexibility index (Phi) is 10.6. The molecule has 11 rings (SSSR count). The maximum absolute atomic E-state index is 5.49. The molecule has 0 amide bonds. The molecule has 66 heavy (non-hydrogen) atoms. The number of nitrogens with zero attached hydrogens (tertiary/aromatic N) is 4. The third-order valence-electron chi connectivity index (χ3n) is 12.3. The molecular formula is C60H46N4O2. The first-order chi connectivity index (χ1) is 32.6. The molecule has 0 unspecified atom stereocenters. The van der Waals surface area contributed by atoms with Crippen molar-refractivity contribution in [2.75, 3.05) is 24.0 Å². The summed E-state index contributed by atoms with van der Waals surface area (Å²) < 4.78 is 15.8. The van der Waals surface area contributed by atoms with Crippen molar-refractivity contribution in [3.05, 3.63) is 243 Å². The molecule has 0 bridgehead atoms. The van der Waals surface area contributed by atoms with E-state index in [0.717, 1.165) is 101 Å². The lowest BCUT2D eigenvalue weighted by atomic mass is 10.1. The summed E-state index contributed by atoms with van der Waals surface area (Å²) in [4.78, 5) is 4.55. The van der Waals surface area contributed by atoms with E-state index >= 15 is 0 Å². The van der Waals surface area contributed by atoms with Crippen molar-refractivity contribution < 1.29 is 9.47 Å².